The van der Waals surface area contributed by atoms with Crippen LogP contribution < -0.4 is 5.19 Å². The Bertz CT molecular complexity index is 2280. The number of nitrogens with zero attached hydrogens (tertiary/aromatic N) is 2. The van der Waals surface area contributed by atoms with Crippen molar-refractivity contribution in [3.63, 3.8) is 0 Å². The molecule has 3 nitrogen and oxygen atoms in total. The van der Waals surface area contributed by atoms with Crippen LogP contribution in [0, 0.1) is 17.5 Å². The molecule has 0 N–H and O–H groups in total. The number of furan rings is 1. The number of benzene rings is 4. The van der Waals surface area contributed by atoms with Crippen LogP contribution in [0.25, 0.3) is 55.6 Å². The monoisotopic (exact) mass is 891 g/mol. The molecular formula is C48H50IrN2OSi-2. The zero-order valence-corrected chi connectivity index (χ0v) is 35.3. The average molecular weight is 891 g/mol. The van der Waals surface area contributed by atoms with Crippen molar-refractivity contribution in [2.75, 3.05) is 0 Å². The minimum Gasteiger partial charge on any atom is -0.501 e. The molecule has 0 bridgehead atoms. The molecule has 53 heavy (non-hydrogen) atoms. The summed E-state index contributed by atoms with van der Waals surface area (Å²) in [6.07, 6.45) is 11.7. The summed E-state index contributed by atoms with van der Waals surface area (Å²) in [5.74, 6) is 0.652. The molecule has 1 fully saturated rings. The predicted molar refractivity (Wildman–Crippen MR) is 222 cm³/mol. The van der Waals surface area contributed by atoms with Crippen LogP contribution in [0.4, 0.5) is 0 Å². The number of pyridine rings is 2. The largest absolute Gasteiger partial charge is 0.501 e. The summed E-state index contributed by atoms with van der Waals surface area (Å²) in [5, 5.41) is 3.73. The summed E-state index contributed by atoms with van der Waals surface area (Å²) in [6.45, 7) is 14.1. The molecule has 1 radical (unpaired) electrons. The van der Waals surface area contributed by atoms with E-state index in [0.29, 0.717) is 5.92 Å². The zero-order valence-electron chi connectivity index (χ0n) is 31.9. The standard InChI is InChI=1S/C29H24NO.C19H26NSi.Ir/c1-3-8-20(9-4-1)22-14-15-24-25-12-7-13-26(29(25)31-28(24)19-22)27-18-23(16-17-30-27)21-10-5-2-6-11-21;1-19(2,3)13-16-12-17(15-10-8-7-9-11-15)20-14-18(16)21(4,5)6;/h1,3-4,7-9,12,14-19,21H,2,5-6,10-11H2;7-10,12,14H,13H2,1-6H3;/q2*-1;. The van der Waals surface area contributed by atoms with E-state index in [0.717, 1.165) is 56.4 Å². The van der Waals surface area contributed by atoms with Crippen LogP contribution in [0.1, 0.15) is 69.9 Å². The van der Waals surface area contributed by atoms with E-state index < -0.39 is 8.07 Å². The van der Waals surface area contributed by atoms with Crippen molar-refractivity contribution in [1.29, 1.82) is 0 Å². The SMILES string of the molecule is CC(C)(C)Cc1cc(-c2[c-]cccc2)ncc1[Si](C)(C)C.[Ir].[c-]1ccc2c(oc3cc(-c4ccccc4)ccc32)c1-c1cc(C2CCCCC2)ccn1. The normalized spacial score (nSPS) is 13.7. The van der Waals surface area contributed by atoms with Crippen molar-refractivity contribution in [3.05, 3.63) is 139 Å². The van der Waals surface area contributed by atoms with Gasteiger partial charge in [-0.15, -0.1) is 54.1 Å². The number of hydrogen-bond acceptors (Lipinski definition) is 3. The van der Waals surface area contributed by atoms with E-state index in [-0.39, 0.29) is 25.5 Å². The van der Waals surface area contributed by atoms with Crippen LogP contribution in [0.2, 0.25) is 19.6 Å². The second-order valence-corrected chi connectivity index (χ2v) is 21.6. The van der Waals surface area contributed by atoms with Crippen molar-refractivity contribution in [2.45, 2.75) is 84.9 Å². The maximum Gasteiger partial charge on any atom is 0.121 e. The Morgan fingerprint density at radius 3 is 2.23 bits per heavy atom. The van der Waals surface area contributed by atoms with Crippen molar-refractivity contribution < 1.29 is 24.5 Å². The van der Waals surface area contributed by atoms with E-state index in [4.69, 9.17) is 14.4 Å². The van der Waals surface area contributed by atoms with Crippen molar-refractivity contribution in [1.82, 2.24) is 9.97 Å². The van der Waals surface area contributed by atoms with Gasteiger partial charge in [0.05, 0.1) is 13.7 Å². The van der Waals surface area contributed by atoms with Crippen LogP contribution in [0.5, 0.6) is 0 Å². The molecule has 0 amide bonds. The molecule has 273 valence electrons. The second-order valence-electron chi connectivity index (χ2n) is 16.6. The summed E-state index contributed by atoms with van der Waals surface area (Å²) in [7, 11) is -1.37. The Labute approximate surface area is 330 Å². The van der Waals surface area contributed by atoms with Crippen molar-refractivity contribution in [2.24, 2.45) is 5.41 Å². The third-order valence-electron chi connectivity index (χ3n) is 10.2. The second kappa shape index (κ2) is 16.5. The average Bonchev–Trinajstić information content (AvgIpc) is 3.53. The van der Waals surface area contributed by atoms with Gasteiger partial charge in [0.25, 0.3) is 0 Å². The first-order valence-electron chi connectivity index (χ1n) is 18.9. The number of aromatic nitrogens is 2. The van der Waals surface area contributed by atoms with Gasteiger partial charge in [-0.25, -0.2) is 0 Å². The van der Waals surface area contributed by atoms with Gasteiger partial charge in [-0.3, -0.25) is 0 Å². The molecule has 4 aromatic carbocycles. The molecule has 0 spiro atoms. The van der Waals surface area contributed by atoms with E-state index in [1.54, 1.807) is 0 Å². The van der Waals surface area contributed by atoms with Gasteiger partial charge in [-0.05, 0) is 70.4 Å². The van der Waals surface area contributed by atoms with Crippen LogP contribution in [-0.2, 0) is 26.5 Å². The van der Waals surface area contributed by atoms with E-state index in [1.165, 1.54) is 54.0 Å². The fourth-order valence-corrected chi connectivity index (χ4v) is 9.18. The van der Waals surface area contributed by atoms with Gasteiger partial charge >= 0.3 is 0 Å². The van der Waals surface area contributed by atoms with Gasteiger partial charge in [0, 0.05) is 37.9 Å². The van der Waals surface area contributed by atoms with Gasteiger partial charge in [-0.2, -0.15) is 0 Å². The van der Waals surface area contributed by atoms with E-state index in [2.05, 4.69) is 132 Å². The van der Waals surface area contributed by atoms with Gasteiger partial charge in [0.1, 0.15) is 5.58 Å². The van der Waals surface area contributed by atoms with Crippen molar-refractivity contribution in [3.8, 4) is 33.6 Å². The minimum absolute atomic E-state index is 0. The van der Waals surface area contributed by atoms with E-state index in [1.807, 2.05) is 36.5 Å². The van der Waals surface area contributed by atoms with E-state index in [9.17, 15) is 0 Å². The summed E-state index contributed by atoms with van der Waals surface area (Å²) < 4.78 is 6.41. The van der Waals surface area contributed by atoms with Crippen LogP contribution in [0.3, 0.4) is 0 Å². The quantitative estimate of drug-likeness (QED) is 0.123. The maximum atomic E-state index is 6.41. The molecule has 3 heterocycles. The molecule has 8 rings (SSSR count). The molecule has 0 atom stereocenters. The summed E-state index contributed by atoms with van der Waals surface area (Å²) in [4.78, 5) is 9.41. The topological polar surface area (TPSA) is 38.9 Å². The molecule has 5 heteroatoms. The van der Waals surface area contributed by atoms with E-state index >= 15 is 0 Å². The van der Waals surface area contributed by atoms with Crippen molar-refractivity contribution >= 4 is 35.2 Å². The molecule has 0 aliphatic heterocycles. The first kappa shape index (κ1) is 38.6. The predicted octanol–water partition coefficient (Wildman–Crippen LogP) is 12.8. The third-order valence-corrected chi connectivity index (χ3v) is 12.2. The fourth-order valence-electron chi connectivity index (χ4n) is 7.61. The molecule has 0 saturated heterocycles. The number of rotatable bonds is 6. The summed E-state index contributed by atoms with van der Waals surface area (Å²) in [6, 6.07) is 42.5. The zero-order chi connectivity index (χ0) is 36.3. The van der Waals surface area contributed by atoms with Gasteiger partial charge in [0.15, 0.2) is 0 Å². The minimum atomic E-state index is -1.37. The summed E-state index contributed by atoms with van der Waals surface area (Å²) in [5.41, 5.74) is 11.3. The smallest absolute Gasteiger partial charge is 0.121 e. The summed E-state index contributed by atoms with van der Waals surface area (Å²) >= 11 is 0. The maximum absolute atomic E-state index is 6.41. The van der Waals surface area contributed by atoms with Gasteiger partial charge in [-0.1, -0.05) is 136 Å². The first-order chi connectivity index (χ1) is 25.0. The fraction of sp³-hybridized carbons (Fsp3) is 0.292. The van der Waals surface area contributed by atoms with Gasteiger partial charge < -0.3 is 14.4 Å². The van der Waals surface area contributed by atoms with Crippen LogP contribution in [0.15, 0.2) is 120 Å². The molecule has 1 aliphatic carbocycles. The molecule has 1 aliphatic rings. The molecule has 7 aromatic rings. The molecular weight excluding hydrogens is 841 g/mol. The van der Waals surface area contributed by atoms with Gasteiger partial charge in [0.2, 0.25) is 0 Å². The Balaban J connectivity index is 0.000000193. The first-order valence-corrected chi connectivity index (χ1v) is 22.4. The number of fused-ring (bicyclic) bond motifs is 3. The Kier molecular flexibility index (Phi) is 12.0. The third kappa shape index (κ3) is 9.15. The molecule has 1 saturated carbocycles. The number of hydrogen-bond donors (Lipinski definition) is 0. The van der Waals surface area contributed by atoms with Crippen LogP contribution >= 0.6 is 0 Å². The molecule has 0 unspecified atom stereocenters. The Morgan fingerprint density at radius 1 is 0.736 bits per heavy atom. The Morgan fingerprint density at radius 2 is 1.51 bits per heavy atom. The molecule has 3 aromatic heterocycles. The van der Waals surface area contributed by atoms with Crippen LogP contribution in [-0.4, -0.2) is 18.0 Å². The Hall–Kier alpha value is -4.15.